The first kappa shape index (κ1) is 20.2. The second-order valence-electron chi connectivity index (χ2n) is 6.22. The number of benzene rings is 1. The van der Waals surface area contributed by atoms with Gasteiger partial charge in [0, 0.05) is 0 Å². The van der Waals surface area contributed by atoms with E-state index in [0.717, 1.165) is 25.1 Å². The first-order valence-corrected chi connectivity index (χ1v) is 8.71. The smallest absolute Gasteiger partial charge is 0.333 e. The zero-order valence-electron chi connectivity index (χ0n) is 15.2. The van der Waals surface area contributed by atoms with Crippen LogP contribution in [-0.2, 0) is 14.3 Å². The van der Waals surface area contributed by atoms with Crippen molar-refractivity contribution in [2.45, 2.75) is 40.2 Å². The van der Waals surface area contributed by atoms with Crippen molar-refractivity contribution in [2.24, 2.45) is 5.92 Å². The van der Waals surface area contributed by atoms with Gasteiger partial charge in [-0.15, -0.1) is 0 Å². The molecule has 0 saturated heterocycles. The number of esters is 1. The summed E-state index contributed by atoms with van der Waals surface area (Å²) in [4.78, 5) is 26.7. The molecule has 0 spiro atoms. The molecule has 0 aliphatic carbocycles. The second-order valence-corrected chi connectivity index (χ2v) is 6.22. The van der Waals surface area contributed by atoms with Gasteiger partial charge in [-0.05, 0) is 31.0 Å². The van der Waals surface area contributed by atoms with Gasteiger partial charge in [0.15, 0.2) is 6.04 Å². The molecule has 0 aliphatic heterocycles. The van der Waals surface area contributed by atoms with Crippen molar-refractivity contribution < 1.29 is 14.3 Å². The van der Waals surface area contributed by atoms with Crippen LogP contribution < -0.4 is 5.32 Å². The van der Waals surface area contributed by atoms with Crippen molar-refractivity contribution in [3.05, 3.63) is 35.9 Å². The topological polar surface area (TPSA) is 58.6 Å². The predicted octanol–water partition coefficient (Wildman–Crippen LogP) is 2.78. The Morgan fingerprint density at radius 2 is 1.75 bits per heavy atom. The van der Waals surface area contributed by atoms with Crippen molar-refractivity contribution in [1.29, 1.82) is 0 Å². The van der Waals surface area contributed by atoms with Gasteiger partial charge in [-0.1, -0.05) is 58.0 Å². The number of hydrogen-bond acceptors (Lipinski definition) is 4. The third-order valence-electron chi connectivity index (χ3n) is 3.88. The van der Waals surface area contributed by atoms with Crippen LogP contribution in [0.15, 0.2) is 30.3 Å². The first-order valence-electron chi connectivity index (χ1n) is 8.71. The summed E-state index contributed by atoms with van der Waals surface area (Å²) in [6.45, 7) is 10.4. The summed E-state index contributed by atoms with van der Waals surface area (Å²) in [6.07, 6.45) is 0.806. The monoisotopic (exact) mass is 334 g/mol. The van der Waals surface area contributed by atoms with E-state index >= 15 is 0 Å². The minimum absolute atomic E-state index is 0.173. The number of carbonyl (C=O) groups is 2. The van der Waals surface area contributed by atoms with Crippen LogP contribution in [0.1, 0.15) is 45.7 Å². The molecule has 1 amide bonds. The highest BCUT2D eigenvalue weighted by atomic mass is 16.5. The highest BCUT2D eigenvalue weighted by Crippen LogP contribution is 2.15. The summed E-state index contributed by atoms with van der Waals surface area (Å²) >= 11 is 0. The summed E-state index contributed by atoms with van der Waals surface area (Å²) < 4.78 is 5.36. The SMILES string of the molecule is CCN(CC)CC(=O)NC(C(=O)OCCC(C)C)c1ccccc1. The van der Waals surface area contributed by atoms with Crippen LogP contribution in [0.2, 0.25) is 0 Å². The molecule has 0 fully saturated rings. The van der Waals surface area contributed by atoms with E-state index in [2.05, 4.69) is 19.2 Å². The number of nitrogens with one attached hydrogen (secondary N) is 1. The van der Waals surface area contributed by atoms with E-state index in [9.17, 15) is 9.59 Å². The first-order chi connectivity index (χ1) is 11.5. The van der Waals surface area contributed by atoms with E-state index < -0.39 is 12.0 Å². The van der Waals surface area contributed by atoms with Crippen molar-refractivity contribution in [1.82, 2.24) is 10.2 Å². The summed E-state index contributed by atoms with van der Waals surface area (Å²) in [5, 5.41) is 2.82. The third kappa shape index (κ3) is 7.13. The Kier molecular flexibility index (Phi) is 9.08. The Morgan fingerprint density at radius 3 is 2.29 bits per heavy atom. The number of hydrogen-bond donors (Lipinski definition) is 1. The Morgan fingerprint density at radius 1 is 1.12 bits per heavy atom. The highest BCUT2D eigenvalue weighted by Gasteiger charge is 2.24. The molecule has 24 heavy (non-hydrogen) atoms. The molecule has 0 bridgehead atoms. The zero-order valence-corrected chi connectivity index (χ0v) is 15.2. The van der Waals surface area contributed by atoms with E-state index in [1.165, 1.54) is 0 Å². The van der Waals surface area contributed by atoms with Crippen molar-refractivity contribution in [3.8, 4) is 0 Å². The van der Waals surface area contributed by atoms with Gasteiger partial charge in [-0.2, -0.15) is 0 Å². The summed E-state index contributed by atoms with van der Waals surface area (Å²) in [7, 11) is 0. The molecule has 134 valence electrons. The molecule has 5 nitrogen and oxygen atoms in total. The van der Waals surface area contributed by atoms with E-state index in [1.807, 2.05) is 49.1 Å². The average molecular weight is 334 g/mol. The minimum Gasteiger partial charge on any atom is -0.464 e. The number of likely N-dealkylation sites (N-methyl/N-ethyl adjacent to an activating group) is 1. The fourth-order valence-electron chi connectivity index (χ4n) is 2.26. The van der Waals surface area contributed by atoms with Gasteiger partial charge in [-0.25, -0.2) is 4.79 Å². The predicted molar refractivity (Wildman–Crippen MR) is 95.5 cm³/mol. The molecule has 0 saturated carbocycles. The third-order valence-corrected chi connectivity index (χ3v) is 3.88. The van der Waals surface area contributed by atoms with Gasteiger partial charge < -0.3 is 10.1 Å². The van der Waals surface area contributed by atoms with Gasteiger partial charge >= 0.3 is 5.97 Å². The Bertz CT molecular complexity index is 499. The maximum atomic E-state index is 12.4. The largest absolute Gasteiger partial charge is 0.464 e. The molecule has 1 aromatic carbocycles. The summed E-state index contributed by atoms with van der Waals surface area (Å²) in [5.41, 5.74) is 0.736. The average Bonchev–Trinajstić information content (AvgIpc) is 2.57. The van der Waals surface area contributed by atoms with Crippen molar-refractivity contribution in [2.75, 3.05) is 26.2 Å². The molecule has 1 unspecified atom stereocenters. The highest BCUT2D eigenvalue weighted by molar-refractivity contribution is 5.86. The van der Waals surface area contributed by atoms with Crippen LogP contribution in [0, 0.1) is 5.92 Å². The molecule has 1 rings (SSSR count). The molecular formula is C19H30N2O3. The molecule has 0 heterocycles. The Labute approximate surface area is 145 Å². The van der Waals surface area contributed by atoms with Crippen LogP contribution >= 0.6 is 0 Å². The molecular weight excluding hydrogens is 304 g/mol. The van der Waals surface area contributed by atoms with Crippen LogP contribution in [-0.4, -0.2) is 43.0 Å². The van der Waals surface area contributed by atoms with Gasteiger partial charge in [0.2, 0.25) is 5.91 Å². The normalized spacial score (nSPS) is 12.2. The maximum absolute atomic E-state index is 12.4. The summed E-state index contributed by atoms with van der Waals surface area (Å²) in [5.74, 6) is -0.117. The van der Waals surface area contributed by atoms with Gasteiger partial charge in [0.1, 0.15) is 0 Å². The van der Waals surface area contributed by atoms with Crippen LogP contribution in [0.25, 0.3) is 0 Å². The fraction of sp³-hybridized carbons (Fsp3) is 0.579. The number of nitrogens with zero attached hydrogens (tertiary/aromatic N) is 1. The van der Waals surface area contributed by atoms with E-state index in [-0.39, 0.29) is 12.5 Å². The fourth-order valence-corrected chi connectivity index (χ4v) is 2.26. The van der Waals surface area contributed by atoms with Gasteiger partial charge in [0.25, 0.3) is 0 Å². The zero-order chi connectivity index (χ0) is 17.9. The van der Waals surface area contributed by atoms with E-state index in [4.69, 9.17) is 4.74 Å². The minimum atomic E-state index is -0.763. The summed E-state index contributed by atoms with van der Waals surface area (Å²) in [6, 6.07) is 8.46. The van der Waals surface area contributed by atoms with Crippen LogP contribution in [0.5, 0.6) is 0 Å². The lowest BCUT2D eigenvalue weighted by molar-refractivity contribution is -0.148. The molecule has 0 aliphatic rings. The number of ether oxygens (including phenoxy) is 1. The number of rotatable bonds is 10. The lowest BCUT2D eigenvalue weighted by Gasteiger charge is -2.21. The van der Waals surface area contributed by atoms with E-state index in [1.54, 1.807) is 0 Å². The molecule has 1 atom stereocenters. The molecule has 0 aromatic heterocycles. The lowest BCUT2D eigenvalue weighted by atomic mass is 10.1. The Hall–Kier alpha value is -1.88. The quantitative estimate of drug-likeness (QED) is 0.669. The number of carbonyl (C=O) groups excluding carboxylic acids is 2. The molecule has 5 heteroatoms. The maximum Gasteiger partial charge on any atom is 0.333 e. The Balaban J connectivity index is 2.75. The number of amides is 1. The van der Waals surface area contributed by atoms with Crippen LogP contribution in [0.3, 0.4) is 0 Å². The van der Waals surface area contributed by atoms with Crippen molar-refractivity contribution in [3.63, 3.8) is 0 Å². The second kappa shape index (κ2) is 10.8. The van der Waals surface area contributed by atoms with Gasteiger partial charge in [0.05, 0.1) is 13.2 Å². The molecule has 1 aromatic rings. The molecule has 0 radical (unpaired) electrons. The lowest BCUT2D eigenvalue weighted by Crippen LogP contribution is -2.41. The van der Waals surface area contributed by atoms with Gasteiger partial charge in [-0.3, -0.25) is 9.69 Å². The molecule has 1 N–H and O–H groups in total. The van der Waals surface area contributed by atoms with Crippen LogP contribution in [0.4, 0.5) is 0 Å². The van der Waals surface area contributed by atoms with Crippen molar-refractivity contribution >= 4 is 11.9 Å². The standard InChI is InChI=1S/C19H30N2O3/c1-5-21(6-2)14-17(22)20-18(16-10-8-7-9-11-16)19(23)24-13-12-15(3)4/h7-11,15,18H,5-6,12-14H2,1-4H3,(H,20,22). The van der Waals surface area contributed by atoms with E-state index in [0.29, 0.717) is 12.5 Å².